The molecule has 7 atom stereocenters. The summed E-state index contributed by atoms with van der Waals surface area (Å²) < 4.78 is 44.2. The van der Waals surface area contributed by atoms with Gasteiger partial charge in [0.15, 0.2) is 0 Å². The van der Waals surface area contributed by atoms with Crippen LogP contribution in [0.15, 0.2) is 66.7 Å². The first kappa shape index (κ1) is 26.3. The molecule has 220 valence electrons. The molecule has 3 aromatic rings. The number of ether oxygens (including phenoxy) is 2. The van der Waals surface area contributed by atoms with Gasteiger partial charge in [0.25, 0.3) is 10.1 Å². The minimum Gasteiger partial charge on any atom is -0.458 e. The van der Waals surface area contributed by atoms with Crippen molar-refractivity contribution >= 4 is 33.8 Å². The summed E-state index contributed by atoms with van der Waals surface area (Å²) in [6, 6.07) is 22.3. The smallest absolute Gasteiger partial charge is 0.317 e. The van der Waals surface area contributed by atoms with Crippen LogP contribution in [0.4, 0.5) is 0 Å². The van der Waals surface area contributed by atoms with Crippen LogP contribution in [0.5, 0.6) is 5.75 Å². The summed E-state index contributed by atoms with van der Waals surface area (Å²) in [5.41, 5.74) is 7.00. The van der Waals surface area contributed by atoms with Crippen LogP contribution in [-0.2, 0) is 41.5 Å². The predicted octanol–water partition coefficient (Wildman–Crippen LogP) is 4.89. The van der Waals surface area contributed by atoms with Crippen LogP contribution in [-0.4, -0.2) is 48.3 Å². The first-order chi connectivity index (χ1) is 20.9. The van der Waals surface area contributed by atoms with E-state index in [4.69, 9.17) is 13.7 Å². The molecule has 4 bridgehead atoms. The zero-order chi connectivity index (χ0) is 29.0. The lowest BCUT2D eigenvalue weighted by molar-refractivity contribution is -0.162. The number of carbonyl (C=O) groups is 2. The number of benzene rings is 3. The molecular weight excluding hydrogens is 585 g/mol. The summed E-state index contributed by atoms with van der Waals surface area (Å²) in [4.78, 5) is 27.8. The van der Waals surface area contributed by atoms with Crippen molar-refractivity contribution in [1.29, 1.82) is 0 Å². The van der Waals surface area contributed by atoms with Gasteiger partial charge in [-0.2, -0.15) is 8.42 Å². The third-order valence-corrected chi connectivity index (χ3v) is 14.3. The Balaban J connectivity index is 1.02. The van der Waals surface area contributed by atoms with Gasteiger partial charge in [-0.25, -0.2) is 0 Å². The highest BCUT2D eigenvalue weighted by Gasteiger charge is 2.73. The second kappa shape index (κ2) is 9.43. The second-order valence-electron chi connectivity index (χ2n) is 12.7. The number of esters is 2. The summed E-state index contributed by atoms with van der Waals surface area (Å²) in [5, 5.41) is -2.02. The van der Waals surface area contributed by atoms with Crippen molar-refractivity contribution in [3.8, 4) is 5.75 Å². The van der Waals surface area contributed by atoms with E-state index in [-0.39, 0.29) is 17.8 Å². The minimum atomic E-state index is -4.03. The van der Waals surface area contributed by atoms with E-state index in [0.717, 1.165) is 42.4 Å². The van der Waals surface area contributed by atoms with Gasteiger partial charge in [-0.05, 0) is 71.6 Å². The zero-order valence-corrected chi connectivity index (χ0v) is 24.9. The van der Waals surface area contributed by atoms with Crippen LogP contribution in [0.3, 0.4) is 0 Å². The van der Waals surface area contributed by atoms with Gasteiger partial charge in [0.2, 0.25) is 0 Å². The van der Waals surface area contributed by atoms with Crippen LogP contribution in [0.2, 0.25) is 0 Å². The van der Waals surface area contributed by atoms with E-state index in [2.05, 4.69) is 30.3 Å². The quantitative estimate of drug-likeness (QED) is 0.233. The standard InChI is InChI=1S/C34H30O7S2/c35-33(24-16-23-19-11-3-5-13-21(19)26(24)22-14-6-4-12-20(22)23)40-28-29-31-32(43(37,38)41-29)27(30(28)42-31)34(36)39-25-15-7-9-17-8-1-2-10-18(17)25/h3-7,9,11-15,23-24,26-32H,1-2,8,10,16H2. The minimum absolute atomic E-state index is 0.0939. The second-order valence-corrected chi connectivity index (χ2v) is 15.7. The normalized spacial score (nSPS) is 35.1. The molecule has 7 nitrogen and oxygen atoms in total. The van der Waals surface area contributed by atoms with Gasteiger partial charge in [-0.1, -0.05) is 60.7 Å². The molecule has 0 amide bonds. The van der Waals surface area contributed by atoms with Crippen LogP contribution in [0.1, 0.15) is 64.5 Å². The van der Waals surface area contributed by atoms with Crippen LogP contribution in [0.25, 0.3) is 0 Å². The third kappa shape index (κ3) is 3.74. The van der Waals surface area contributed by atoms with Gasteiger partial charge in [-0.15, -0.1) is 11.8 Å². The number of hydrogen-bond acceptors (Lipinski definition) is 8. The Morgan fingerprint density at radius 1 is 0.814 bits per heavy atom. The van der Waals surface area contributed by atoms with Crippen molar-refractivity contribution < 1.29 is 31.7 Å². The summed E-state index contributed by atoms with van der Waals surface area (Å²) in [6.45, 7) is 0. The molecule has 3 aromatic carbocycles. The van der Waals surface area contributed by atoms with E-state index >= 15 is 0 Å². The van der Waals surface area contributed by atoms with E-state index in [1.54, 1.807) is 6.07 Å². The van der Waals surface area contributed by atoms with E-state index in [1.165, 1.54) is 28.5 Å². The molecule has 0 aromatic heterocycles. The molecule has 7 aliphatic rings. The topological polar surface area (TPSA) is 96.0 Å². The fourth-order valence-corrected chi connectivity index (χ4v) is 13.3. The Labute approximate surface area is 254 Å². The summed E-state index contributed by atoms with van der Waals surface area (Å²) in [5.74, 6) is -1.86. The van der Waals surface area contributed by atoms with Gasteiger partial charge in [-0.3, -0.25) is 13.8 Å². The van der Waals surface area contributed by atoms with Gasteiger partial charge in [0.1, 0.15) is 23.2 Å². The fourth-order valence-electron chi connectivity index (χ4n) is 8.84. The lowest BCUT2D eigenvalue weighted by Crippen LogP contribution is -2.51. The average Bonchev–Trinajstić information content (AvgIpc) is 3.64. The highest BCUT2D eigenvalue weighted by atomic mass is 32.2. The predicted molar refractivity (Wildman–Crippen MR) is 160 cm³/mol. The van der Waals surface area contributed by atoms with Crippen LogP contribution >= 0.6 is 11.8 Å². The van der Waals surface area contributed by atoms with E-state index in [1.807, 2.05) is 30.3 Å². The molecule has 0 saturated carbocycles. The van der Waals surface area contributed by atoms with Gasteiger partial charge < -0.3 is 9.47 Å². The van der Waals surface area contributed by atoms with Crippen LogP contribution < -0.4 is 4.74 Å². The van der Waals surface area contributed by atoms with E-state index < -0.39 is 55.9 Å². The molecule has 3 aliphatic heterocycles. The van der Waals surface area contributed by atoms with Gasteiger partial charge in [0.05, 0.1) is 22.3 Å². The molecule has 3 fully saturated rings. The SMILES string of the molecule is O=C(OC1C2OS(=O)(=O)C3C2SC1C3C(=O)Oc1cccc2c1CCCC2)C1CC2c3ccccc3C1c1ccccc12. The van der Waals surface area contributed by atoms with Crippen molar-refractivity contribution in [1.82, 2.24) is 0 Å². The molecule has 0 spiro atoms. The molecule has 43 heavy (non-hydrogen) atoms. The summed E-state index contributed by atoms with van der Waals surface area (Å²) in [7, 11) is -4.03. The molecule has 0 radical (unpaired) electrons. The molecule has 3 saturated heterocycles. The van der Waals surface area contributed by atoms with Crippen molar-refractivity contribution in [2.24, 2.45) is 11.8 Å². The monoisotopic (exact) mass is 614 g/mol. The molecule has 10 rings (SSSR count). The van der Waals surface area contributed by atoms with Gasteiger partial charge in [0, 0.05) is 11.8 Å². The highest BCUT2D eigenvalue weighted by molar-refractivity contribution is 8.03. The Hall–Kier alpha value is -3.14. The number of carbonyl (C=O) groups excluding carboxylic acids is 2. The maximum atomic E-state index is 14.1. The van der Waals surface area contributed by atoms with E-state index in [9.17, 15) is 18.0 Å². The van der Waals surface area contributed by atoms with Gasteiger partial charge >= 0.3 is 11.9 Å². The molecular formula is C34H30O7S2. The molecule has 4 aliphatic carbocycles. The van der Waals surface area contributed by atoms with Crippen molar-refractivity contribution in [3.63, 3.8) is 0 Å². The Morgan fingerprint density at radius 3 is 2.26 bits per heavy atom. The fraction of sp³-hybridized carbons (Fsp3) is 0.412. The van der Waals surface area contributed by atoms with E-state index in [0.29, 0.717) is 12.2 Å². The average molecular weight is 615 g/mol. The van der Waals surface area contributed by atoms with Crippen molar-refractivity contribution in [3.05, 3.63) is 100 Å². The lowest BCUT2D eigenvalue weighted by Gasteiger charge is -2.44. The molecule has 0 N–H and O–H groups in total. The molecule has 7 unspecified atom stereocenters. The van der Waals surface area contributed by atoms with Crippen molar-refractivity contribution in [2.75, 3.05) is 0 Å². The number of aryl methyl sites for hydroxylation is 1. The Bertz CT molecular complexity index is 1750. The maximum absolute atomic E-state index is 14.1. The summed E-state index contributed by atoms with van der Waals surface area (Å²) >= 11 is 1.40. The highest BCUT2D eigenvalue weighted by Crippen LogP contribution is 2.60. The zero-order valence-electron chi connectivity index (χ0n) is 23.3. The number of rotatable bonds is 4. The van der Waals surface area contributed by atoms with Crippen LogP contribution in [0, 0.1) is 11.8 Å². The largest absolute Gasteiger partial charge is 0.458 e. The number of hydrogen-bond donors (Lipinski definition) is 0. The number of thioether (sulfide) groups is 1. The maximum Gasteiger partial charge on any atom is 0.317 e. The first-order valence-electron chi connectivity index (χ1n) is 15.2. The Kier molecular flexibility index (Phi) is 5.76. The lowest BCUT2D eigenvalue weighted by atomic mass is 9.59. The Morgan fingerprint density at radius 2 is 1.51 bits per heavy atom. The molecule has 3 heterocycles. The first-order valence-corrected chi connectivity index (χ1v) is 17.6. The summed E-state index contributed by atoms with van der Waals surface area (Å²) in [6.07, 6.45) is 2.88. The molecule has 9 heteroatoms. The third-order valence-electron chi connectivity index (χ3n) is 10.6. The van der Waals surface area contributed by atoms with Crippen molar-refractivity contribution in [2.45, 2.75) is 71.9 Å². The number of fused-ring (bicyclic) bond motifs is 3.